The molecule has 0 spiro atoms. The first-order chi connectivity index (χ1) is 13.1. The first-order valence-electron chi connectivity index (χ1n) is 9.33. The molecular formula is C21H19NO5. The van der Waals surface area contributed by atoms with Crippen LogP contribution in [-0.2, 0) is 19.1 Å². The molecule has 1 aromatic rings. The lowest BCUT2D eigenvalue weighted by Gasteiger charge is -2.37. The van der Waals surface area contributed by atoms with Crippen LogP contribution in [-0.4, -0.2) is 41.6 Å². The summed E-state index contributed by atoms with van der Waals surface area (Å²) in [7, 11) is 0. The van der Waals surface area contributed by atoms with E-state index in [0.717, 1.165) is 11.3 Å². The summed E-state index contributed by atoms with van der Waals surface area (Å²) in [6.45, 7) is -0.815. The van der Waals surface area contributed by atoms with E-state index >= 15 is 0 Å². The number of carbonyl (C=O) groups is 4. The summed E-state index contributed by atoms with van der Waals surface area (Å²) in [6, 6.07) is 8.53. The van der Waals surface area contributed by atoms with Gasteiger partial charge in [-0.15, -0.1) is 0 Å². The van der Waals surface area contributed by atoms with Gasteiger partial charge in [-0.1, -0.05) is 42.5 Å². The smallest absolute Gasteiger partial charge is 0.326 e. The first kappa shape index (κ1) is 16.4. The molecule has 6 rings (SSSR count). The van der Waals surface area contributed by atoms with Crippen molar-refractivity contribution in [2.45, 2.75) is 6.42 Å². The van der Waals surface area contributed by atoms with Crippen molar-refractivity contribution < 1.29 is 23.9 Å². The number of hydrogen-bond donors (Lipinski definition) is 0. The Morgan fingerprint density at radius 1 is 0.963 bits per heavy atom. The number of ether oxygens (including phenoxy) is 1. The van der Waals surface area contributed by atoms with Crippen LogP contribution in [0.4, 0.5) is 0 Å². The Labute approximate surface area is 156 Å². The van der Waals surface area contributed by atoms with Gasteiger partial charge in [-0.05, 0) is 30.1 Å². The lowest BCUT2D eigenvalue weighted by atomic mass is 9.63. The zero-order chi connectivity index (χ0) is 18.7. The molecule has 1 aliphatic heterocycles. The molecule has 1 aromatic carbocycles. The lowest BCUT2D eigenvalue weighted by molar-refractivity contribution is -0.152. The molecule has 2 saturated carbocycles. The molecule has 2 bridgehead atoms. The van der Waals surface area contributed by atoms with Crippen molar-refractivity contribution >= 4 is 23.6 Å². The van der Waals surface area contributed by atoms with Crippen molar-refractivity contribution in [2.75, 3.05) is 13.2 Å². The molecule has 1 saturated heterocycles. The number of likely N-dealkylation sites (tertiary alicyclic amines) is 1. The number of Topliss-reactive ketones (excluding diaryl/α,β-unsaturated/α-hetero) is 1. The lowest BCUT2D eigenvalue weighted by Crippen LogP contribution is -2.40. The number of hydrogen-bond acceptors (Lipinski definition) is 5. The number of amides is 2. The van der Waals surface area contributed by atoms with Crippen LogP contribution >= 0.6 is 0 Å². The van der Waals surface area contributed by atoms with Crippen molar-refractivity contribution in [3.8, 4) is 0 Å². The second kappa shape index (κ2) is 5.87. The van der Waals surface area contributed by atoms with Gasteiger partial charge in [0.15, 0.2) is 12.4 Å². The minimum atomic E-state index is -0.731. The van der Waals surface area contributed by atoms with Gasteiger partial charge in [-0.25, -0.2) is 0 Å². The second-order valence-electron chi connectivity index (χ2n) is 7.87. The second-order valence-corrected chi connectivity index (χ2v) is 7.87. The van der Waals surface area contributed by atoms with Gasteiger partial charge in [0.05, 0.1) is 11.8 Å². The van der Waals surface area contributed by atoms with Crippen molar-refractivity contribution in [1.82, 2.24) is 4.90 Å². The average Bonchev–Trinajstić information content (AvgIpc) is 3.48. The Hall–Kier alpha value is -2.76. The summed E-state index contributed by atoms with van der Waals surface area (Å²) >= 11 is 0. The van der Waals surface area contributed by atoms with E-state index in [1.54, 1.807) is 30.3 Å². The molecular weight excluding hydrogens is 346 g/mol. The van der Waals surface area contributed by atoms with Crippen molar-refractivity contribution in [2.24, 2.45) is 35.5 Å². The van der Waals surface area contributed by atoms with Gasteiger partial charge in [0.2, 0.25) is 11.8 Å². The van der Waals surface area contributed by atoms with Gasteiger partial charge in [-0.2, -0.15) is 0 Å². The fourth-order valence-corrected chi connectivity index (χ4v) is 5.20. The monoisotopic (exact) mass is 365 g/mol. The van der Waals surface area contributed by atoms with Crippen LogP contribution in [0.15, 0.2) is 42.5 Å². The maximum absolute atomic E-state index is 12.8. The van der Waals surface area contributed by atoms with E-state index in [-0.39, 0.29) is 41.3 Å². The van der Waals surface area contributed by atoms with Crippen molar-refractivity contribution in [3.05, 3.63) is 48.0 Å². The van der Waals surface area contributed by atoms with Gasteiger partial charge < -0.3 is 4.74 Å². The Balaban J connectivity index is 1.23. The van der Waals surface area contributed by atoms with Crippen molar-refractivity contribution in [3.63, 3.8) is 0 Å². The minimum Gasteiger partial charge on any atom is -0.456 e. The molecule has 4 aliphatic carbocycles. The highest BCUT2D eigenvalue weighted by atomic mass is 16.5. The first-order valence-corrected chi connectivity index (χ1v) is 9.33. The Kier molecular flexibility index (Phi) is 3.57. The fraction of sp³-hybridized carbons (Fsp3) is 0.429. The molecule has 0 unspecified atom stereocenters. The van der Waals surface area contributed by atoms with Crippen LogP contribution in [0.1, 0.15) is 16.8 Å². The van der Waals surface area contributed by atoms with Gasteiger partial charge in [0, 0.05) is 5.56 Å². The summed E-state index contributed by atoms with van der Waals surface area (Å²) in [5.41, 5.74) is 0.450. The van der Waals surface area contributed by atoms with Gasteiger partial charge >= 0.3 is 5.97 Å². The molecule has 0 radical (unpaired) electrons. The SMILES string of the molecule is O=C(CN1C(=O)[C@@H]2[C@@H]3C=C[C@@H]([C@@H]4C[C@H]34)[C@@H]2C1=O)OCC(=O)c1ccccc1. The van der Waals surface area contributed by atoms with Gasteiger partial charge in [0.25, 0.3) is 0 Å². The molecule has 6 heteroatoms. The molecule has 1 heterocycles. The van der Waals surface area contributed by atoms with Crippen LogP contribution in [0.3, 0.4) is 0 Å². The quantitative estimate of drug-likeness (QED) is 0.342. The maximum atomic E-state index is 12.8. The Morgan fingerprint density at radius 3 is 2.15 bits per heavy atom. The Bertz CT molecular complexity index is 840. The van der Waals surface area contributed by atoms with E-state index in [9.17, 15) is 19.2 Å². The van der Waals surface area contributed by atoms with Crippen LogP contribution in [0.25, 0.3) is 0 Å². The minimum absolute atomic E-state index is 0.127. The number of imide groups is 1. The molecule has 0 N–H and O–H groups in total. The van der Waals surface area contributed by atoms with Crippen molar-refractivity contribution in [1.29, 1.82) is 0 Å². The largest absolute Gasteiger partial charge is 0.456 e. The molecule has 3 fully saturated rings. The molecule has 138 valence electrons. The number of allylic oxidation sites excluding steroid dienone is 2. The number of carbonyl (C=O) groups excluding carboxylic acids is 4. The van der Waals surface area contributed by atoms with Crippen LogP contribution < -0.4 is 0 Å². The van der Waals surface area contributed by atoms with Crippen LogP contribution in [0.5, 0.6) is 0 Å². The maximum Gasteiger partial charge on any atom is 0.326 e. The Morgan fingerprint density at radius 2 is 1.56 bits per heavy atom. The molecule has 0 aromatic heterocycles. The number of nitrogens with zero attached hydrogens (tertiary/aromatic N) is 1. The molecule has 2 amide bonds. The zero-order valence-electron chi connectivity index (χ0n) is 14.6. The summed E-state index contributed by atoms with van der Waals surface area (Å²) in [6.07, 6.45) is 5.27. The summed E-state index contributed by atoms with van der Waals surface area (Å²) in [4.78, 5) is 50.8. The highest BCUT2D eigenvalue weighted by Crippen LogP contribution is 2.65. The predicted molar refractivity (Wildman–Crippen MR) is 93.1 cm³/mol. The normalized spacial score (nSPS) is 35.0. The van der Waals surface area contributed by atoms with Gasteiger partial charge in [-0.3, -0.25) is 24.1 Å². The number of benzene rings is 1. The fourth-order valence-electron chi connectivity index (χ4n) is 5.20. The van der Waals surface area contributed by atoms with E-state index in [0.29, 0.717) is 17.4 Å². The number of ketones is 1. The van der Waals surface area contributed by atoms with E-state index in [4.69, 9.17) is 4.74 Å². The van der Waals surface area contributed by atoms with E-state index in [1.807, 2.05) is 0 Å². The third kappa shape index (κ3) is 2.46. The summed E-state index contributed by atoms with van der Waals surface area (Å²) < 4.78 is 5.02. The third-order valence-electron chi connectivity index (χ3n) is 6.50. The van der Waals surface area contributed by atoms with Crippen LogP contribution in [0, 0.1) is 35.5 Å². The predicted octanol–water partition coefficient (Wildman–Crippen LogP) is 1.47. The molecule has 27 heavy (non-hydrogen) atoms. The zero-order valence-corrected chi connectivity index (χ0v) is 14.6. The third-order valence-corrected chi connectivity index (χ3v) is 6.50. The number of rotatable bonds is 5. The highest BCUT2D eigenvalue weighted by molar-refractivity contribution is 6.08. The topological polar surface area (TPSA) is 80.8 Å². The van der Waals surface area contributed by atoms with E-state index in [2.05, 4.69) is 12.2 Å². The summed E-state index contributed by atoms with van der Waals surface area (Å²) in [5, 5.41) is 0. The molecule has 6 nitrogen and oxygen atoms in total. The van der Waals surface area contributed by atoms with E-state index < -0.39 is 19.1 Å². The molecule has 6 atom stereocenters. The number of esters is 1. The van der Waals surface area contributed by atoms with Gasteiger partial charge in [0.1, 0.15) is 6.54 Å². The van der Waals surface area contributed by atoms with E-state index in [1.165, 1.54) is 0 Å². The standard InChI is InChI=1S/C21H19NO5/c23-16(11-4-2-1-3-5-11)10-27-17(24)9-22-20(25)18-12-6-7-13(15-8-14(12)15)19(18)21(22)26/h1-7,12-15,18-19H,8-10H2/t12-,13+,14-,15+,18-,19+. The van der Waals surface area contributed by atoms with Crippen LogP contribution in [0.2, 0.25) is 0 Å². The highest BCUT2D eigenvalue weighted by Gasteiger charge is 2.67. The average molecular weight is 365 g/mol. The summed E-state index contributed by atoms with van der Waals surface area (Å²) in [5.74, 6) is -0.928. The molecule has 5 aliphatic rings.